The van der Waals surface area contributed by atoms with Gasteiger partial charge in [-0.2, -0.15) is 0 Å². The second kappa shape index (κ2) is 13.3. The number of likely N-dealkylation sites (N-methyl/N-ethyl adjacent to an activating group) is 1. The summed E-state index contributed by atoms with van der Waals surface area (Å²) in [5.41, 5.74) is 1.49. The summed E-state index contributed by atoms with van der Waals surface area (Å²) in [6.45, 7) is 8.65. The molecule has 7 nitrogen and oxygen atoms in total. The van der Waals surface area contributed by atoms with Gasteiger partial charge in [0.25, 0.3) is 5.91 Å². The lowest BCUT2D eigenvalue weighted by atomic mass is 10.0. The Morgan fingerprint density at radius 1 is 1.23 bits per heavy atom. The number of benzene rings is 1. The molecule has 0 spiro atoms. The predicted octanol–water partition coefficient (Wildman–Crippen LogP) is 2.51. The first kappa shape index (κ1) is 25.1. The van der Waals surface area contributed by atoms with E-state index in [1.807, 2.05) is 37.2 Å². The number of carbonyl (C=O) groups is 2. The van der Waals surface area contributed by atoms with Crippen molar-refractivity contribution in [2.45, 2.75) is 46.1 Å². The minimum atomic E-state index is -0.0973. The summed E-state index contributed by atoms with van der Waals surface area (Å²) in [5.74, 6) is 1.22. The first-order chi connectivity index (χ1) is 14.9. The Hall–Kier alpha value is -2.12. The maximum atomic E-state index is 13.0. The van der Waals surface area contributed by atoms with Crippen LogP contribution in [-0.2, 0) is 11.3 Å². The van der Waals surface area contributed by atoms with Gasteiger partial charge in [-0.1, -0.05) is 19.9 Å². The van der Waals surface area contributed by atoms with Gasteiger partial charge >= 0.3 is 0 Å². The SMILES string of the molecule is CC(C)CCN1CC(=O)NCCCCCOc2cccc(C(=O)NCCN(C)C)c2C1. The molecule has 1 aromatic carbocycles. The Balaban J connectivity index is 2.29. The molecule has 2 rings (SSSR count). The first-order valence-electron chi connectivity index (χ1n) is 11.5. The highest BCUT2D eigenvalue weighted by atomic mass is 16.5. The number of ether oxygens (including phenoxy) is 1. The highest BCUT2D eigenvalue weighted by molar-refractivity contribution is 5.96. The summed E-state index contributed by atoms with van der Waals surface area (Å²) in [5, 5.41) is 6.05. The van der Waals surface area contributed by atoms with Crippen molar-refractivity contribution in [3.63, 3.8) is 0 Å². The van der Waals surface area contributed by atoms with Crippen LogP contribution in [0.5, 0.6) is 5.75 Å². The van der Waals surface area contributed by atoms with E-state index >= 15 is 0 Å². The largest absolute Gasteiger partial charge is 0.493 e. The Kier molecular flexibility index (Phi) is 10.8. The third-order valence-corrected chi connectivity index (χ3v) is 5.39. The molecule has 174 valence electrons. The lowest BCUT2D eigenvalue weighted by Crippen LogP contribution is -2.38. The van der Waals surface area contributed by atoms with Crippen LogP contribution >= 0.6 is 0 Å². The fraction of sp³-hybridized carbons (Fsp3) is 0.667. The van der Waals surface area contributed by atoms with Crippen molar-refractivity contribution < 1.29 is 14.3 Å². The molecular formula is C24H40N4O3. The van der Waals surface area contributed by atoms with Gasteiger partial charge in [0.2, 0.25) is 5.91 Å². The Labute approximate surface area is 187 Å². The van der Waals surface area contributed by atoms with Gasteiger partial charge in [-0.05, 0) is 64.4 Å². The molecule has 0 unspecified atom stereocenters. The van der Waals surface area contributed by atoms with Gasteiger partial charge in [0.05, 0.1) is 13.2 Å². The average Bonchev–Trinajstić information content (AvgIpc) is 2.72. The van der Waals surface area contributed by atoms with E-state index in [0.29, 0.717) is 44.3 Å². The number of nitrogens with one attached hydrogen (secondary N) is 2. The molecule has 0 atom stereocenters. The molecule has 2 amide bonds. The molecule has 0 aromatic heterocycles. The van der Waals surface area contributed by atoms with E-state index in [1.165, 1.54) is 0 Å². The van der Waals surface area contributed by atoms with Crippen LogP contribution < -0.4 is 15.4 Å². The molecule has 0 saturated heterocycles. The summed E-state index contributed by atoms with van der Waals surface area (Å²) in [6, 6.07) is 5.67. The minimum Gasteiger partial charge on any atom is -0.493 e. The highest BCUT2D eigenvalue weighted by Gasteiger charge is 2.21. The zero-order valence-electron chi connectivity index (χ0n) is 19.7. The fourth-order valence-electron chi connectivity index (χ4n) is 3.52. The smallest absolute Gasteiger partial charge is 0.251 e. The van der Waals surface area contributed by atoms with Gasteiger partial charge < -0.3 is 20.3 Å². The van der Waals surface area contributed by atoms with E-state index in [9.17, 15) is 9.59 Å². The molecule has 1 aliphatic rings. The van der Waals surface area contributed by atoms with Crippen molar-refractivity contribution >= 4 is 11.8 Å². The van der Waals surface area contributed by atoms with Crippen LogP contribution in [0.2, 0.25) is 0 Å². The lowest BCUT2D eigenvalue weighted by molar-refractivity contribution is -0.122. The van der Waals surface area contributed by atoms with E-state index in [2.05, 4.69) is 29.4 Å². The average molecular weight is 433 g/mol. The zero-order valence-corrected chi connectivity index (χ0v) is 19.7. The van der Waals surface area contributed by atoms with Crippen molar-refractivity contribution in [1.29, 1.82) is 0 Å². The van der Waals surface area contributed by atoms with Gasteiger partial charge in [-0.25, -0.2) is 0 Å². The molecule has 0 bridgehead atoms. The van der Waals surface area contributed by atoms with Crippen molar-refractivity contribution in [2.24, 2.45) is 5.92 Å². The number of hydrogen-bond acceptors (Lipinski definition) is 5. The Morgan fingerprint density at radius 3 is 2.77 bits per heavy atom. The highest BCUT2D eigenvalue weighted by Crippen LogP contribution is 2.25. The third-order valence-electron chi connectivity index (χ3n) is 5.39. The minimum absolute atomic E-state index is 0.0402. The number of rotatable bonds is 7. The van der Waals surface area contributed by atoms with Crippen LogP contribution in [0.15, 0.2) is 18.2 Å². The van der Waals surface area contributed by atoms with Crippen LogP contribution in [0, 0.1) is 5.92 Å². The standard InChI is InChI=1S/C24H40N4O3/c1-19(2)11-14-28-17-21-20(24(30)26-13-15-27(3)4)9-8-10-22(21)31-16-7-5-6-12-25-23(29)18-28/h8-10,19H,5-7,11-18H2,1-4H3,(H,25,29)(H,26,30). The summed E-state index contributed by atoms with van der Waals surface area (Å²) < 4.78 is 6.12. The van der Waals surface area contributed by atoms with Gasteiger partial charge in [0.1, 0.15) is 5.75 Å². The molecule has 7 heteroatoms. The van der Waals surface area contributed by atoms with Crippen LogP contribution in [0.1, 0.15) is 55.5 Å². The molecule has 0 saturated carbocycles. The van der Waals surface area contributed by atoms with Crippen LogP contribution in [-0.4, -0.2) is 75.0 Å². The Bertz CT molecular complexity index is 706. The number of hydrogen-bond donors (Lipinski definition) is 2. The normalized spacial score (nSPS) is 16.5. The van der Waals surface area contributed by atoms with E-state index in [1.54, 1.807) is 0 Å². The molecular weight excluding hydrogens is 392 g/mol. The molecule has 2 N–H and O–H groups in total. The van der Waals surface area contributed by atoms with Crippen molar-refractivity contribution in [2.75, 3.05) is 53.4 Å². The molecule has 31 heavy (non-hydrogen) atoms. The second-order valence-corrected chi connectivity index (χ2v) is 8.99. The summed E-state index contributed by atoms with van der Waals surface area (Å²) in [7, 11) is 3.96. The molecule has 0 aliphatic carbocycles. The number of carbonyl (C=O) groups excluding carboxylic acids is 2. The second-order valence-electron chi connectivity index (χ2n) is 8.99. The molecule has 1 heterocycles. The number of nitrogens with zero attached hydrogens (tertiary/aromatic N) is 2. The van der Waals surface area contributed by atoms with E-state index < -0.39 is 0 Å². The van der Waals surface area contributed by atoms with Crippen LogP contribution in [0.25, 0.3) is 0 Å². The maximum Gasteiger partial charge on any atom is 0.251 e. The van der Waals surface area contributed by atoms with Gasteiger partial charge in [0, 0.05) is 37.3 Å². The lowest BCUT2D eigenvalue weighted by Gasteiger charge is -2.25. The monoisotopic (exact) mass is 432 g/mol. The summed E-state index contributed by atoms with van der Waals surface area (Å²) in [6.07, 6.45) is 3.85. The van der Waals surface area contributed by atoms with Crippen molar-refractivity contribution in [3.05, 3.63) is 29.3 Å². The topological polar surface area (TPSA) is 73.9 Å². The van der Waals surface area contributed by atoms with E-state index in [4.69, 9.17) is 4.74 Å². The van der Waals surface area contributed by atoms with Crippen LogP contribution in [0.3, 0.4) is 0 Å². The summed E-state index contributed by atoms with van der Waals surface area (Å²) in [4.78, 5) is 29.7. The number of fused-ring (bicyclic) bond motifs is 1. The summed E-state index contributed by atoms with van der Waals surface area (Å²) >= 11 is 0. The van der Waals surface area contributed by atoms with Crippen molar-refractivity contribution in [3.8, 4) is 5.75 Å². The van der Waals surface area contributed by atoms with Crippen molar-refractivity contribution in [1.82, 2.24) is 20.4 Å². The van der Waals surface area contributed by atoms with Gasteiger partial charge in [-0.3, -0.25) is 14.5 Å². The molecule has 1 aliphatic heterocycles. The predicted molar refractivity (Wildman–Crippen MR) is 124 cm³/mol. The van der Waals surface area contributed by atoms with E-state index in [0.717, 1.165) is 50.1 Å². The molecule has 1 aromatic rings. The fourth-order valence-corrected chi connectivity index (χ4v) is 3.52. The quantitative estimate of drug-likeness (QED) is 0.693. The van der Waals surface area contributed by atoms with Crippen LogP contribution in [0.4, 0.5) is 0 Å². The number of amides is 2. The maximum absolute atomic E-state index is 13.0. The zero-order chi connectivity index (χ0) is 22.6. The Morgan fingerprint density at radius 2 is 2.03 bits per heavy atom. The van der Waals surface area contributed by atoms with Gasteiger partial charge in [0.15, 0.2) is 0 Å². The van der Waals surface area contributed by atoms with Gasteiger partial charge in [-0.15, -0.1) is 0 Å². The third kappa shape index (κ3) is 9.27. The van der Waals surface area contributed by atoms with E-state index in [-0.39, 0.29) is 11.8 Å². The first-order valence-corrected chi connectivity index (χ1v) is 11.5. The molecule has 0 fully saturated rings. The molecule has 0 radical (unpaired) electrons.